The van der Waals surface area contributed by atoms with Crippen LogP contribution in [0.25, 0.3) is 0 Å². The van der Waals surface area contributed by atoms with Crippen molar-refractivity contribution >= 4 is 27.6 Å². The number of guanidine groups is 1. The SMILES string of the molecule is COc1ccccc1N1C(N)=NCC1(C)c1ccc(Br)o1. The summed E-state index contributed by atoms with van der Waals surface area (Å²) >= 11 is 3.34. The van der Waals surface area contributed by atoms with E-state index in [0.29, 0.717) is 17.2 Å². The van der Waals surface area contributed by atoms with Gasteiger partial charge in [-0.1, -0.05) is 12.1 Å². The topological polar surface area (TPSA) is 64.0 Å². The molecular weight excluding hydrogens is 334 g/mol. The van der Waals surface area contributed by atoms with Gasteiger partial charge in [0.25, 0.3) is 0 Å². The molecule has 0 spiro atoms. The van der Waals surface area contributed by atoms with Crippen molar-refractivity contribution in [2.75, 3.05) is 18.6 Å². The van der Waals surface area contributed by atoms with Crippen LogP contribution in [0, 0.1) is 0 Å². The molecule has 0 bridgehead atoms. The molecule has 0 fully saturated rings. The van der Waals surface area contributed by atoms with Crippen LogP contribution in [0.15, 0.2) is 50.5 Å². The molecule has 1 unspecified atom stereocenters. The Balaban J connectivity index is 2.11. The van der Waals surface area contributed by atoms with E-state index in [1.165, 1.54) is 0 Å². The molecule has 0 saturated heterocycles. The molecule has 0 saturated carbocycles. The first-order valence-corrected chi connectivity index (χ1v) is 7.34. The average molecular weight is 350 g/mol. The minimum absolute atomic E-state index is 0.453. The fourth-order valence-corrected chi connectivity index (χ4v) is 2.93. The third kappa shape index (κ3) is 2.19. The van der Waals surface area contributed by atoms with Crippen LogP contribution >= 0.6 is 15.9 Å². The highest BCUT2D eigenvalue weighted by atomic mass is 79.9. The zero-order chi connectivity index (χ0) is 15.0. The van der Waals surface area contributed by atoms with Crippen molar-refractivity contribution < 1.29 is 9.15 Å². The largest absolute Gasteiger partial charge is 0.495 e. The Morgan fingerprint density at radius 2 is 2.10 bits per heavy atom. The van der Waals surface area contributed by atoms with Gasteiger partial charge in [-0.05, 0) is 47.1 Å². The van der Waals surface area contributed by atoms with E-state index in [9.17, 15) is 0 Å². The second kappa shape index (κ2) is 5.11. The van der Waals surface area contributed by atoms with Crippen molar-refractivity contribution in [1.29, 1.82) is 0 Å². The van der Waals surface area contributed by atoms with Gasteiger partial charge in [0.15, 0.2) is 10.6 Å². The number of aliphatic imine (C=N–C) groups is 1. The van der Waals surface area contributed by atoms with Crippen LogP contribution in [0.5, 0.6) is 5.75 Å². The zero-order valence-corrected chi connectivity index (χ0v) is 13.4. The number of nitrogens with zero attached hydrogens (tertiary/aromatic N) is 2. The molecule has 1 aromatic carbocycles. The van der Waals surface area contributed by atoms with Gasteiger partial charge < -0.3 is 14.9 Å². The van der Waals surface area contributed by atoms with Crippen molar-refractivity contribution in [2.24, 2.45) is 10.7 Å². The quantitative estimate of drug-likeness (QED) is 0.924. The Morgan fingerprint density at radius 3 is 2.76 bits per heavy atom. The Kier molecular flexibility index (Phi) is 3.41. The standard InChI is InChI=1S/C15H16BrN3O2/c1-15(12-7-8-13(16)21-12)9-18-14(17)19(15)10-5-3-4-6-11(10)20-2/h3-8H,9H2,1-2H3,(H2,17,18). The summed E-state index contributed by atoms with van der Waals surface area (Å²) in [6.07, 6.45) is 0. The molecule has 6 heteroatoms. The van der Waals surface area contributed by atoms with Gasteiger partial charge >= 0.3 is 0 Å². The van der Waals surface area contributed by atoms with Gasteiger partial charge in [-0.2, -0.15) is 0 Å². The van der Waals surface area contributed by atoms with E-state index in [4.69, 9.17) is 14.9 Å². The Hall–Kier alpha value is -1.95. The summed E-state index contributed by atoms with van der Waals surface area (Å²) in [5.74, 6) is 1.99. The number of halogens is 1. The summed E-state index contributed by atoms with van der Waals surface area (Å²) in [5.41, 5.74) is 6.51. The van der Waals surface area contributed by atoms with E-state index >= 15 is 0 Å². The van der Waals surface area contributed by atoms with Crippen molar-refractivity contribution in [3.63, 3.8) is 0 Å². The number of furan rings is 1. The zero-order valence-electron chi connectivity index (χ0n) is 11.8. The van der Waals surface area contributed by atoms with Gasteiger partial charge in [0.1, 0.15) is 17.0 Å². The lowest BCUT2D eigenvalue weighted by atomic mass is 9.97. The lowest BCUT2D eigenvalue weighted by Crippen LogP contribution is -2.47. The van der Waals surface area contributed by atoms with Crippen LogP contribution in [-0.4, -0.2) is 19.6 Å². The highest BCUT2D eigenvalue weighted by molar-refractivity contribution is 9.10. The summed E-state index contributed by atoms with van der Waals surface area (Å²) in [4.78, 5) is 6.35. The van der Waals surface area contributed by atoms with E-state index in [2.05, 4.69) is 20.9 Å². The first-order valence-electron chi connectivity index (χ1n) is 6.55. The number of para-hydroxylation sites is 2. The molecule has 3 rings (SSSR count). The van der Waals surface area contributed by atoms with Crippen LogP contribution < -0.4 is 15.4 Å². The molecule has 110 valence electrons. The normalized spacial score (nSPS) is 21.5. The first-order chi connectivity index (χ1) is 10.1. The van der Waals surface area contributed by atoms with Gasteiger partial charge in [-0.15, -0.1) is 0 Å². The Bertz CT molecular complexity index is 698. The van der Waals surface area contributed by atoms with Crippen molar-refractivity contribution in [3.8, 4) is 5.75 Å². The number of benzene rings is 1. The van der Waals surface area contributed by atoms with E-state index < -0.39 is 5.54 Å². The van der Waals surface area contributed by atoms with E-state index in [1.54, 1.807) is 7.11 Å². The van der Waals surface area contributed by atoms with E-state index in [-0.39, 0.29) is 0 Å². The van der Waals surface area contributed by atoms with Gasteiger partial charge in [0.2, 0.25) is 0 Å². The second-order valence-corrected chi connectivity index (χ2v) is 5.84. The Morgan fingerprint density at radius 1 is 1.33 bits per heavy atom. The predicted molar refractivity (Wildman–Crippen MR) is 85.7 cm³/mol. The number of hydrogen-bond donors (Lipinski definition) is 1. The van der Waals surface area contributed by atoms with Gasteiger partial charge in [0.05, 0.1) is 19.3 Å². The summed E-state index contributed by atoms with van der Waals surface area (Å²) in [6, 6.07) is 11.5. The summed E-state index contributed by atoms with van der Waals surface area (Å²) in [5, 5.41) is 0. The first kappa shape index (κ1) is 14.0. The van der Waals surface area contributed by atoms with Crippen LogP contribution in [0.3, 0.4) is 0 Å². The number of rotatable bonds is 3. The molecule has 0 radical (unpaired) electrons. The number of hydrogen-bond acceptors (Lipinski definition) is 5. The summed E-state index contributed by atoms with van der Waals surface area (Å²) in [7, 11) is 1.64. The molecule has 21 heavy (non-hydrogen) atoms. The number of methoxy groups -OCH3 is 1. The molecule has 2 aromatic rings. The molecule has 1 aromatic heterocycles. The summed E-state index contributed by atoms with van der Waals surface area (Å²) < 4.78 is 11.9. The summed E-state index contributed by atoms with van der Waals surface area (Å²) in [6.45, 7) is 2.57. The maximum absolute atomic E-state index is 6.12. The van der Waals surface area contributed by atoms with E-state index in [1.807, 2.05) is 48.2 Å². The van der Waals surface area contributed by atoms with E-state index in [0.717, 1.165) is 17.2 Å². The number of ether oxygens (including phenoxy) is 1. The van der Waals surface area contributed by atoms with Crippen LogP contribution in [0.4, 0.5) is 5.69 Å². The average Bonchev–Trinajstić information content (AvgIpc) is 3.04. The second-order valence-electron chi connectivity index (χ2n) is 5.06. The number of anilines is 1. The molecule has 2 heterocycles. The molecule has 0 aliphatic carbocycles. The predicted octanol–water partition coefficient (Wildman–Crippen LogP) is 3.10. The van der Waals surface area contributed by atoms with Gasteiger partial charge in [-0.3, -0.25) is 9.89 Å². The molecule has 5 nitrogen and oxygen atoms in total. The van der Waals surface area contributed by atoms with Crippen LogP contribution in [0.1, 0.15) is 12.7 Å². The van der Waals surface area contributed by atoms with Crippen molar-refractivity contribution in [1.82, 2.24) is 0 Å². The van der Waals surface area contributed by atoms with Gasteiger partial charge in [-0.25, -0.2) is 0 Å². The fraction of sp³-hybridized carbons (Fsp3) is 0.267. The van der Waals surface area contributed by atoms with Crippen molar-refractivity contribution in [3.05, 3.63) is 46.8 Å². The van der Waals surface area contributed by atoms with Crippen LogP contribution in [0.2, 0.25) is 0 Å². The molecule has 1 aliphatic heterocycles. The third-order valence-electron chi connectivity index (χ3n) is 3.70. The maximum Gasteiger partial charge on any atom is 0.197 e. The Labute approximate surface area is 131 Å². The smallest absolute Gasteiger partial charge is 0.197 e. The third-order valence-corrected chi connectivity index (χ3v) is 4.13. The van der Waals surface area contributed by atoms with Crippen LogP contribution in [-0.2, 0) is 5.54 Å². The highest BCUT2D eigenvalue weighted by Crippen LogP contribution is 2.41. The minimum atomic E-state index is -0.481. The monoisotopic (exact) mass is 349 g/mol. The molecule has 2 N–H and O–H groups in total. The molecule has 1 atom stereocenters. The number of nitrogens with two attached hydrogens (primary N) is 1. The highest BCUT2D eigenvalue weighted by Gasteiger charge is 2.44. The maximum atomic E-state index is 6.12. The lowest BCUT2D eigenvalue weighted by molar-refractivity contribution is 0.372. The molecule has 1 aliphatic rings. The fourth-order valence-electron chi connectivity index (χ4n) is 2.62. The van der Waals surface area contributed by atoms with Gasteiger partial charge in [0, 0.05) is 0 Å². The lowest BCUT2D eigenvalue weighted by Gasteiger charge is -2.35. The minimum Gasteiger partial charge on any atom is -0.495 e. The molecule has 0 amide bonds. The van der Waals surface area contributed by atoms with Crippen molar-refractivity contribution in [2.45, 2.75) is 12.5 Å². The molecular formula is C15H16BrN3O2.